The topological polar surface area (TPSA) is 34.1 Å². The van der Waals surface area contributed by atoms with Gasteiger partial charge in [0.15, 0.2) is 0 Å². The molecule has 0 aromatic rings. The van der Waals surface area contributed by atoms with Crippen molar-refractivity contribution in [3.63, 3.8) is 0 Å². The van der Waals surface area contributed by atoms with E-state index in [9.17, 15) is 9.59 Å². The number of hydrogen-bond donors (Lipinski definition) is 0. The van der Waals surface area contributed by atoms with E-state index in [0.29, 0.717) is 18.6 Å². The van der Waals surface area contributed by atoms with Crippen LogP contribution in [0.5, 0.6) is 0 Å². The van der Waals surface area contributed by atoms with Crippen LogP contribution in [-0.4, -0.2) is 12.1 Å². The number of carbonyl (C=O) groups is 2. The molecule has 23 heavy (non-hydrogen) atoms. The lowest BCUT2D eigenvalue weighted by Crippen LogP contribution is -2.28. The summed E-state index contributed by atoms with van der Waals surface area (Å²) in [7, 11) is 0. The van der Waals surface area contributed by atoms with Crippen LogP contribution < -0.4 is 0 Å². The highest BCUT2D eigenvalue weighted by Gasteiger charge is 2.32. The minimum absolute atomic E-state index is 0.261. The summed E-state index contributed by atoms with van der Waals surface area (Å²) in [5.41, 5.74) is 0. The van der Waals surface area contributed by atoms with Crippen molar-refractivity contribution in [2.45, 2.75) is 96.8 Å². The summed E-state index contributed by atoms with van der Waals surface area (Å²) >= 11 is 0. The lowest BCUT2D eigenvalue weighted by atomic mass is 9.68. The van der Waals surface area contributed by atoms with Crippen molar-refractivity contribution in [3.8, 4) is 0 Å². The molecule has 0 unspecified atom stereocenters. The van der Waals surface area contributed by atoms with Crippen molar-refractivity contribution in [1.82, 2.24) is 0 Å². The molecule has 0 spiro atoms. The Hall–Kier alpha value is -0.660. The number of carbonyl (C=O) groups excluding carboxylic acids is 2. The lowest BCUT2D eigenvalue weighted by molar-refractivity contribution is -0.125. The average molecular weight is 321 g/mol. The van der Waals surface area contributed by atoms with Crippen LogP contribution in [0.2, 0.25) is 0 Å². The Kier molecular flexibility index (Phi) is 8.33. The lowest BCUT2D eigenvalue weighted by Gasteiger charge is -2.37. The van der Waals surface area contributed by atoms with Crippen molar-refractivity contribution < 1.29 is 9.59 Å². The highest BCUT2D eigenvalue weighted by Crippen LogP contribution is 2.42. The molecule has 0 aromatic heterocycles. The third-order valence-electron chi connectivity index (χ3n) is 6.51. The van der Waals surface area contributed by atoms with Crippen molar-refractivity contribution in [2.24, 2.45) is 23.7 Å². The summed E-state index contributed by atoms with van der Waals surface area (Å²) in [6.07, 6.45) is 17.8. The van der Waals surface area contributed by atoms with Crippen LogP contribution in [-0.2, 0) is 9.59 Å². The molecule has 2 rings (SSSR count). The first-order valence-corrected chi connectivity index (χ1v) is 10.2. The second kappa shape index (κ2) is 10.3. The number of ketones is 1. The molecule has 0 aromatic carbocycles. The number of unbranched alkanes of at least 4 members (excludes halogenated alkanes) is 2. The third-order valence-corrected chi connectivity index (χ3v) is 6.51. The summed E-state index contributed by atoms with van der Waals surface area (Å²) in [5.74, 6) is 3.41. The van der Waals surface area contributed by atoms with Crippen molar-refractivity contribution in [3.05, 3.63) is 0 Å². The summed E-state index contributed by atoms with van der Waals surface area (Å²) < 4.78 is 0. The van der Waals surface area contributed by atoms with Gasteiger partial charge in [-0.15, -0.1) is 0 Å². The van der Waals surface area contributed by atoms with Gasteiger partial charge < -0.3 is 4.79 Å². The second-order valence-electron chi connectivity index (χ2n) is 8.06. The summed E-state index contributed by atoms with van der Waals surface area (Å²) in [4.78, 5) is 22.5. The van der Waals surface area contributed by atoms with E-state index >= 15 is 0 Å². The van der Waals surface area contributed by atoms with Gasteiger partial charge in [0.2, 0.25) is 0 Å². The fraction of sp³-hybridized carbons (Fsp3) is 0.905. The quantitative estimate of drug-likeness (QED) is 0.402. The maximum Gasteiger partial charge on any atom is 0.136 e. The van der Waals surface area contributed by atoms with Crippen molar-refractivity contribution in [2.75, 3.05) is 0 Å². The van der Waals surface area contributed by atoms with Crippen LogP contribution in [0, 0.1) is 23.7 Å². The van der Waals surface area contributed by atoms with Crippen LogP contribution in [0.15, 0.2) is 0 Å². The molecule has 2 aliphatic rings. The van der Waals surface area contributed by atoms with Gasteiger partial charge in [-0.1, -0.05) is 45.4 Å². The minimum Gasteiger partial charge on any atom is -0.303 e. The Bertz CT molecular complexity index is 347. The van der Waals surface area contributed by atoms with Crippen molar-refractivity contribution >= 4 is 12.1 Å². The van der Waals surface area contributed by atoms with E-state index in [1.165, 1.54) is 64.2 Å². The molecule has 0 N–H and O–H groups in total. The Morgan fingerprint density at radius 3 is 2.09 bits per heavy atom. The van der Waals surface area contributed by atoms with E-state index in [-0.39, 0.29) is 5.92 Å². The Morgan fingerprint density at radius 2 is 1.52 bits per heavy atom. The smallest absolute Gasteiger partial charge is 0.136 e. The van der Waals surface area contributed by atoms with Crippen LogP contribution in [0.4, 0.5) is 0 Å². The molecule has 2 nitrogen and oxygen atoms in total. The maximum absolute atomic E-state index is 12.0. The van der Waals surface area contributed by atoms with Gasteiger partial charge in [0.05, 0.1) is 0 Å². The highest BCUT2D eigenvalue weighted by atomic mass is 16.1. The minimum atomic E-state index is 0.261. The monoisotopic (exact) mass is 320 g/mol. The van der Waals surface area contributed by atoms with Crippen LogP contribution in [0.3, 0.4) is 0 Å². The molecule has 2 saturated carbocycles. The van der Waals surface area contributed by atoms with Gasteiger partial charge in [0, 0.05) is 18.8 Å². The largest absolute Gasteiger partial charge is 0.303 e. The summed E-state index contributed by atoms with van der Waals surface area (Å²) in [5, 5.41) is 0. The Labute approximate surface area is 142 Å². The summed E-state index contributed by atoms with van der Waals surface area (Å²) in [6.45, 7) is 2.29. The zero-order valence-electron chi connectivity index (χ0n) is 15.1. The molecule has 0 heterocycles. The van der Waals surface area contributed by atoms with E-state index in [2.05, 4.69) is 6.92 Å². The van der Waals surface area contributed by atoms with Crippen LogP contribution in [0.1, 0.15) is 96.8 Å². The number of aldehydes is 1. The standard InChI is InChI=1S/C21H36O2/c1-2-3-4-6-17-8-10-18(11-9-17)19-12-14-20(15-13-19)21(23)7-5-16-22/h16-20H,2-15H2,1H3. The van der Waals surface area contributed by atoms with E-state index in [1.54, 1.807) is 0 Å². The predicted molar refractivity (Wildman–Crippen MR) is 95.3 cm³/mol. The van der Waals surface area contributed by atoms with E-state index in [0.717, 1.165) is 36.9 Å². The van der Waals surface area contributed by atoms with Gasteiger partial charge in [0.1, 0.15) is 12.1 Å². The van der Waals surface area contributed by atoms with Gasteiger partial charge in [-0.3, -0.25) is 4.79 Å². The van der Waals surface area contributed by atoms with Crippen LogP contribution >= 0.6 is 0 Å². The molecule has 2 heteroatoms. The SMILES string of the molecule is CCCCCC1CCC(C2CCC(C(=O)CCC=O)CC2)CC1. The molecular formula is C21H36O2. The number of hydrogen-bond acceptors (Lipinski definition) is 2. The Balaban J connectivity index is 1.64. The van der Waals surface area contributed by atoms with Gasteiger partial charge in [-0.2, -0.15) is 0 Å². The first kappa shape index (κ1) is 18.7. The molecule has 0 aliphatic heterocycles. The normalized spacial score (nSPS) is 31.7. The maximum atomic E-state index is 12.0. The third kappa shape index (κ3) is 6.04. The fourth-order valence-corrected chi connectivity index (χ4v) is 4.95. The average Bonchev–Trinajstić information content (AvgIpc) is 2.61. The molecule has 2 fully saturated rings. The van der Waals surface area contributed by atoms with Crippen LogP contribution in [0.25, 0.3) is 0 Å². The van der Waals surface area contributed by atoms with Gasteiger partial charge in [-0.05, 0) is 56.3 Å². The predicted octanol–water partition coefficient (Wildman–Crippen LogP) is 5.73. The zero-order valence-corrected chi connectivity index (χ0v) is 15.1. The van der Waals surface area contributed by atoms with E-state index in [4.69, 9.17) is 0 Å². The highest BCUT2D eigenvalue weighted by molar-refractivity contribution is 5.82. The molecule has 0 atom stereocenters. The number of rotatable bonds is 9. The van der Waals surface area contributed by atoms with Gasteiger partial charge in [0.25, 0.3) is 0 Å². The second-order valence-corrected chi connectivity index (χ2v) is 8.06. The molecule has 0 amide bonds. The van der Waals surface area contributed by atoms with E-state index in [1.807, 2.05) is 0 Å². The fourth-order valence-electron chi connectivity index (χ4n) is 4.95. The van der Waals surface area contributed by atoms with Gasteiger partial charge in [-0.25, -0.2) is 0 Å². The zero-order chi connectivity index (χ0) is 16.5. The molecule has 0 radical (unpaired) electrons. The molecule has 2 aliphatic carbocycles. The van der Waals surface area contributed by atoms with E-state index < -0.39 is 0 Å². The molecular weight excluding hydrogens is 284 g/mol. The first-order chi connectivity index (χ1) is 11.2. The molecule has 0 saturated heterocycles. The van der Waals surface area contributed by atoms with Gasteiger partial charge >= 0.3 is 0 Å². The first-order valence-electron chi connectivity index (χ1n) is 10.2. The summed E-state index contributed by atoms with van der Waals surface area (Å²) in [6, 6.07) is 0. The van der Waals surface area contributed by atoms with Crippen molar-refractivity contribution in [1.29, 1.82) is 0 Å². The Morgan fingerprint density at radius 1 is 0.913 bits per heavy atom. The number of Topliss-reactive ketones (excluding diaryl/α,β-unsaturated/α-hetero) is 1. The molecule has 0 bridgehead atoms. The molecule has 132 valence electrons.